The van der Waals surface area contributed by atoms with E-state index in [-0.39, 0.29) is 6.04 Å². The van der Waals surface area contributed by atoms with Gasteiger partial charge in [-0.1, -0.05) is 6.07 Å². The molecule has 1 aromatic rings. The van der Waals surface area contributed by atoms with Crippen molar-refractivity contribution >= 4 is 12.1 Å². The molecule has 0 bridgehead atoms. The van der Waals surface area contributed by atoms with Gasteiger partial charge in [-0.2, -0.15) is 0 Å². The number of carbonyl (C=O) groups is 2. The van der Waals surface area contributed by atoms with Crippen LogP contribution in [0.4, 0.5) is 18.4 Å². The molecule has 1 aliphatic rings. The van der Waals surface area contributed by atoms with Gasteiger partial charge in [0.25, 0.3) is 0 Å². The van der Waals surface area contributed by atoms with E-state index in [9.17, 15) is 18.4 Å². The Balaban J connectivity index is 2.51. The summed E-state index contributed by atoms with van der Waals surface area (Å²) in [6.07, 6.45) is 0. The van der Waals surface area contributed by atoms with Gasteiger partial charge in [-0.05, 0) is 51.0 Å². The first kappa shape index (κ1) is 16.9. The summed E-state index contributed by atoms with van der Waals surface area (Å²) in [6, 6.07) is 1.18. The lowest BCUT2D eigenvalue weighted by Gasteiger charge is -2.36. The number of rotatable bonds is 2. The van der Waals surface area contributed by atoms with Crippen molar-refractivity contribution in [3.63, 3.8) is 0 Å². The van der Waals surface area contributed by atoms with Crippen molar-refractivity contribution in [3.8, 4) is 0 Å². The van der Waals surface area contributed by atoms with E-state index >= 15 is 0 Å². The Labute approximate surface area is 133 Å². The van der Waals surface area contributed by atoms with Crippen LogP contribution in [0.15, 0.2) is 29.5 Å². The van der Waals surface area contributed by atoms with Gasteiger partial charge in [0, 0.05) is 11.7 Å². The van der Waals surface area contributed by atoms with Crippen LogP contribution in [-0.4, -0.2) is 23.0 Å². The topological polar surface area (TPSA) is 61.4 Å². The van der Waals surface area contributed by atoms with Crippen LogP contribution in [0.25, 0.3) is 0 Å². The third-order valence-corrected chi connectivity index (χ3v) is 3.66. The summed E-state index contributed by atoms with van der Waals surface area (Å²) in [6.45, 7) is 6.95. The smallest absolute Gasteiger partial charge is 0.330 e. The van der Waals surface area contributed by atoms with E-state index in [1.54, 1.807) is 27.7 Å². The van der Waals surface area contributed by atoms with E-state index in [2.05, 4.69) is 10.6 Å². The molecule has 4 amide bonds. The van der Waals surface area contributed by atoms with E-state index in [0.717, 1.165) is 17.0 Å². The van der Waals surface area contributed by atoms with E-state index < -0.39 is 29.7 Å². The lowest BCUT2D eigenvalue weighted by atomic mass is 9.95. The zero-order chi connectivity index (χ0) is 17.3. The minimum Gasteiger partial charge on any atom is -0.335 e. The largest absolute Gasteiger partial charge is 0.335 e. The molecule has 1 aliphatic heterocycles. The summed E-state index contributed by atoms with van der Waals surface area (Å²) in [5.74, 6) is -2.01. The first-order valence-corrected chi connectivity index (χ1v) is 7.25. The maximum Gasteiger partial charge on any atom is 0.330 e. The average Bonchev–Trinajstić information content (AvgIpc) is 2.44. The van der Waals surface area contributed by atoms with Crippen LogP contribution in [0, 0.1) is 11.6 Å². The lowest BCUT2D eigenvalue weighted by molar-refractivity contribution is 0.170. The molecule has 1 heterocycles. The maximum absolute atomic E-state index is 13.6. The molecule has 1 aromatic carbocycles. The van der Waals surface area contributed by atoms with Gasteiger partial charge in [0.15, 0.2) is 11.6 Å². The number of nitrogens with zero attached hydrogens (tertiary/aromatic N) is 1. The monoisotopic (exact) mass is 323 g/mol. The molecule has 0 saturated heterocycles. The zero-order valence-corrected chi connectivity index (χ0v) is 13.4. The third-order valence-electron chi connectivity index (χ3n) is 3.66. The van der Waals surface area contributed by atoms with Gasteiger partial charge in [-0.15, -0.1) is 0 Å². The molecule has 0 radical (unpaired) electrons. The molecule has 0 fully saturated rings. The Kier molecular flexibility index (Phi) is 4.68. The Hall–Kier alpha value is -2.44. The van der Waals surface area contributed by atoms with Crippen LogP contribution in [0.5, 0.6) is 0 Å². The van der Waals surface area contributed by atoms with Crippen LogP contribution in [0.1, 0.15) is 39.3 Å². The summed E-state index contributed by atoms with van der Waals surface area (Å²) in [7, 11) is 0. The molecule has 1 unspecified atom stereocenters. The fraction of sp³-hybridized carbons (Fsp3) is 0.375. The molecule has 0 aromatic heterocycles. The number of amides is 4. The second kappa shape index (κ2) is 6.36. The first-order chi connectivity index (χ1) is 10.7. The van der Waals surface area contributed by atoms with Crippen LogP contribution >= 0.6 is 0 Å². The minimum atomic E-state index is -1.02. The van der Waals surface area contributed by atoms with Gasteiger partial charge in [0.05, 0.1) is 6.04 Å². The van der Waals surface area contributed by atoms with E-state index in [1.165, 1.54) is 6.07 Å². The highest BCUT2D eigenvalue weighted by Crippen LogP contribution is 2.33. The van der Waals surface area contributed by atoms with Crippen molar-refractivity contribution in [1.29, 1.82) is 0 Å². The maximum atomic E-state index is 13.6. The van der Waals surface area contributed by atoms with Gasteiger partial charge in [-0.3, -0.25) is 0 Å². The number of imide groups is 1. The highest BCUT2D eigenvalue weighted by Gasteiger charge is 2.37. The van der Waals surface area contributed by atoms with Crippen LogP contribution < -0.4 is 10.6 Å². The standard InChI is InChI=1S/C16H19F2N3O2/c1-8(2)19-15(22)21-14(9(3)10(4)20-16(21)23)11-5-6-12(17)13(18)7-11/h5-8,14H,1-4H3,(H,19,22)(H,20,23). The highest BCUT2D eigenvalue weighted by molar-refractivity contribution is 5.96. The molecule has 23 heavy (non-hydrogen) atoms. The highest BCUT2D eigenvalue weighted by atomic mass is 19.2. The van der Waals surface area contributed by atoms with Crippen molar-refractivity contribution in [2.24, 2.45) is 0 Å². The van der Waals surface area contributed by atoms with Gasteiger partial charge in [0.1, 0.15) is 0 Å². The molecule has 7 heteroatoms. The molecule has 2 N–H and O–H groups in total. The Morgan fingerprint density at radius 1 is 1.26 bits per heavy atom. The van der Waals surface area contributed by atoms with Crippen LogP contribution in [-0.2, 0) is 0 Å². The van der Waals surface area contributed by atoms with Crippen molar-refractivity contribution in [2.45, 2.75) is 39.8 Å². The number of urea groups is 2. The molecule has 0 spiro atoms. The Morgan fingerprint density at radius 3 is 2.48 bits per heavy atom. The normalized spacial score (nSPS) is 18.3. The number of carbonyl (C=O) groups excluding carboxylic acids is 2. The van der Waals surface area contributed by atoms with Crippen molar-refractivity contribution in [2.75, 3.05) is 0 Å². The average molecular weight is 323 g/mol. The van der Waals surface area contributed by atoms with Gasteiger partial charge in [-0.25, -0.2) is 23.3 Å². The van der Waals surface area contributed by atoms with Crippen LogP contribution in [0.3, 0.4) is 0 Å². The number of hydrogen-bond donors (Lipinski definition) is 2. The second-order valence-corrected chi connectivity index (χ2v) is 5.79. The number of benzene rings is 1. The summed E-state index contributed by atoms with van der Waals surface area (Å²) in [4.78, 5) is 25.6. The number of nitrogens with one attached hydrogen (secondary N) is 2. The van der Waals surface area contributed by atoms with Crippen molar-refractivity contribution < 1.29 is 18.4 Å². The molecule has 5 nitrogen and oxygen atoms in total. The van der Waals surface area contributed by atoms with Crippen LogP contribution in [0.2, 0.25) is 0 Å². The Bertz CT molecular complexity index is 686. The minimum absolute atomic E-state index is 0.173. The molecule has 1 atom stereocenters. The zero-order valence-electron chi connectivity index (χ0n) is 13.4. The summed E-state index contributed by atoms with van der Waals surface area (Å²) >= 11 is 0. The second-order valence-electron chi connectivity index (χ2n) is 5.79. The number of allylic oxidation sites excluding steroid dienone is 1. The molecular weight excluding hydrogens is 304 g/mol. The molecule has 2 rings (SSSR count). The molecular formula is C16H19F2N3O2. The molecule has 0 aliphatic carbocycles. The van der Waals surface area contributed by atoms with E-state index in [1.807, 2.05) is 0 Å². The Morgan fingerprint density at radius 2 is 1.91 bits per heavy atom. The van der Waals surface area contributed by atoms with Gasteiger partial charge in [0.2, 0.25) is 0 Å². The first-order valence-electron chi connectivity index (χ1n) is 7.25. The SMILES string of the molecule is CC1=C(C)C(c2ccc(F)c(F)c2)N(C(=O)NC(C)C)C(=O)N1. The predicted molar refractivity (Wildman–Crippen MR) is 81.5 cm³/mol. The summed E-state index contributed by atoms with van der Waals surface area (Å²) in [5.41, 5.74) is 1.59. The number of halogens is 2. The number of hydrogen-bond acceptors (Lipinski definition) is 2. The lowest BCUT2D eigenvalue weighted by Crippen LogP contribution is -2.54. The van der Waals surface area contributed by atoms with Gasteiger partial charge >= 0.3 is 12.1 Å². The predicted octanol–water partition coefficient (Wildman–Crippen LogP) is 3.44. The summed E-state index contributed by atoms with van der Waals surface area (Å²) < 4.78 is 26.8. The third kappa shape index (κ3) is 3.33. The van der Waals surface area contributed by atoms with Crippen molar-refractivity contribution in [3.05, 3.63) is 46.7 Å². The summed E-state index contributed by atoms with van der Waals surface area (Å²) in [5, 5.41) is 5.24. The fourth-order valence-electron chi connectivity index (χ4n) is 2.44. The molecule has 0 saturated carbocycles. The molecule has 124 valence electrons. The van der Waals surface area contributed by atoms with Crippen molar-refractivity contribution in [1.82, 2.24) is 15.5 Å². The fourth-order valence-corrected chi connectivity index (χ4v) is 2.44. The van der Waals surface area contributed by atoms with Gasteiger partial charge < -0.3 is 10.6 Å². The van der Waals surface area contributed by atoms with E-state index in [4.69, 9.17) is 0 Å². The van der Waals surface area contributed by atoms with E-state index in [0.29, 0.717) is 16.8 Å². The quantitative estimate of drug-likeness (QED) is 0.876.